The SMILES string of the molecule is CC(C(=O)NCCCN1CCC(c2c[c]ccc2)CC1)(c1ccccc1)c1ccccc1. The normalized spacial score (nSPS) is 15.4. The van der Waals surface area contributed by atoms with E-state index in [4.69, 9.17) is 0 Å². The molecular formula is C29H33N2O. The lowest BCUT2D eigenvalue weighted by atomic mass is 9.75. The quantitative estimate of drug-likeness (QED) is 0.505. The standard InChI is InChI=1S/C29H33N2O/c1-29(26-14-7-3-8-15-26,27-16-9-4-10-17-27)28(32)30-20-11-21-31-22-18-25(19-23-31)24-12-5-2-6-13-24/h2-5,7-10,12-17,25H,11,18-23H2,1H3,(H,30,32). The highest BCUT2D eigenvalue weighted by molar-refractivity contribution is 5.91. The molecule has 32 heavy (non-hydrogen) atoms. The third-order valence-electron chi connectivity index (χ3n) is 6.88. The van der Waals surface area contributed by atoms with Gasteiger partial charge >= 0.3 is 0 Å². The van der Waals surface area contributed by atoms with Gasteiger partial charge in [-0.05, 0) is 74.5 Å². The van der Waals surface area contributed by atoms with Crippen LogP contribution in [0.5, 0.6) is 0 Å². The number of nitrogens with one attached hydrogen (secondary N) is 1. The summed E-state index contributed by atoms with van der Waals surface area (Å²) in [6, 6.07) is 31.8. The summed E-state index contributed by atoms with van der Waals surface area (Å²) in [6.45, 7) is 6.00. The van der Waals surface area contributed by atoms with Gasteiger partial charge in [-0.3, -0.25) is 4.79 Å². The first-order valence-corrected chi connectivity index (χ1v) is 11.8. The molecule has 0 spiro atoms. The van der Waals surface area contributed by atoms with Gasteiger partial charge in [0.2, 0.25) is 5.91 Å². The van der Waals surface area contributed by atoms with E-state index in [1.54, 1.807) is 0 Å². The fourth-order valence-corrected chi connectivity index (χ4v) is 4.80. The molecule has 3 aromatic carbocycles. The molecule has 0 unspecified atom stereocenters. The summed E-state index contributed by atoms with van der Waals surface area (Å²) in [4.78, 5) is 15.9. The van der Waals surface area contributed by atoms with Crippen LogP contribution in [-0.2, 0) is 10.2 Å². The molecule has 0 atom stereocenters. The molecule has 3 heteroatoms. The van der Waals surface area contributed by atoms with Crippen molar-refractivity contribution in [3.8, 4) is 0 Å². The Kier molecular flexibility index (Phi) is 7.39. The zero-order chi connectivity index (χ0) is 22.2. The zero-order valence-corrected chi connectivity index (χ0v) is 19.0. The van der Waals surface area contributed by atoms with E-state index in [0.717, 1.165) is 37.2 Å². The first-order valence-electron chi connectivity index (χ1n) is 11.8. The molecular weight excluding hydrogens is 392 g/mol. The molecule has 0 aliphatic carbocycles. The van der Waals surface area contributed by atoms with Crippen molar-refractivity contribution < 1.29 is 4.79 Å². The Morgan fingerprint density at radius 3 is 2.16 bits per heavy atom. The molecule has 0 saturated carbocycles. The molecule has 4 rings (SSSR count). The topological polar surface area (TPSA) is 32.3 Å². The smallest absolute Gasteiger partial charge is 0.234 e. The van der Waals surface area contributed by atoms with Gasteiger partial charge in [-0.2, -0.15) is 0 Å². The summed E-state index contributed by atoms with van der Waals surface area (Å²) >= 11 is 0. The number of hydrogen-bond donors (Lipinski definition) is 1. The second-order valence-electron chi connectivity index (χ2n) is 8.92. The van der Waals surface area contributed by atoms with Crippen LogP contribution in [0.3, 0.4) is 0 Å². The number of carbonyl (C=O) groups excluding carboxylic acids is 1. The van der Waals surface area contributed by atoms with E-state index < -0.39 is 5.41 Å². The fourth-order valence-electron chi connectivity index (χ4n) is 4.80. The molecule has 3 aromatic rings. The number of hydrogen-bond acceptors (Lipinski definition) is 2. The predicted octanol–water partition coefficient (Wildman–Crippen LogP) is 5.18. The summed E-state index contributed by atoms with van der Waals surface area (Å²) in [6.07, 6.45) is 3.36. The van der Waals surface area contributed by atoms with Crippen LogP contribution in [0.15, 0.2) is 84.9 Å². The van der Waals surface area contributed by atoms with Gasteiger partial charge in [0.25, 0.3) is 0 Å². The molecule has 1 aliphatic heterocycles. The lowest BCUT2D eigenvalue weighted by molar-refractivity contribution is -0.124. The van der Waals surface area contributed by atoms with E-state index in [2.05, 4.69) is 34.5 Å². The second-order valence-corrected chi connectivity index (χ2v) is 8.92. The van der Waals surface area contributed by atoms with E-state index in [0.29, 0.717) is 12.5 Å². The summed E-state index contributed by atoms with van der Waals surface area (Å²) in [5, 5.41) is 3.22. The van der Waals surface area contributed by atoms with Gasteiger partial charge in [0.1, 0.15) is 0 Å². The van der Waals surface area contributed by atoms with Crippen LogP contribution >= 0.6 is 0 Å². The minimum absolute atomic E-state index is 0.0638. The molecule has 1 aliphatic rings. The van der Waals surface area contributed by atoms with Crippen molar-refractivity contribution in [3.05, 3.63) is 108 Å². The Hall–Kier alpha value is -2.91. The highest BCUT2D eigenvalue weighted by Crippen LogP contribution is 2.32. The van der Waals surface area contributed by atoms with E-state index in [9.17, 15) is 4.79 Å². The number of carbonyl (C=O) groups is 1. The van der Waals surface area contributed by atoms with Gasteiger partial charge in [-0.15, -0.1) is 0 Å². The molecule has 1 heterocycles. The van der Waals surface area contributed by atoms with Crippen molar-refractivity contribution in [3.63, 3.8) is 0 Å². The molecule has 1 amide bonds. The molecule has 0 bridgehead atoms. The number of rotatable bonds is 8. The molecule has 1 N–H and O–H groups in total. The van der Waals surface area contributed by atoms with Gasteiger partial charge < -0.3 is 10.2 Å². The second kappa shape index (κ2) is 10.6. The molecule has 3 nitrogen and oxygen atoms in total. The molecule has 1 radical (unpaired) electrons. The summed E-state index contributed by atoms with van der Waals surface area (Å²) in [5.41, 5.74) is 2.75. The summed E-state index contributed by atoms with van der Waals surface area (Å²) in [7, 11) is 0. The van der Waals surface area contributed by atoms with Crippen LogP contribution in [0.4, 0.5) is 0 Å². The maximum Gasteiger partial charge on any atom is 0.234 e. The largest absolute Gasteiger partial charge is 0.355 e. The molecule has 1 saturated heterocycles. The van der Waals surface area contributed by atoms with E-state index in [1.165, 1.54) is 18.4 Å². The minimum atomic E-state index is -0.701. The Labute approximate surface area is 192 Å². The lowest BCUT2D eigenvalue weighted by Crippen LogP contribution is -2.44. The van der Waals surface area contributed by atoms with Gasteiger partial charge in [-0.25, -0.2) is 0 Å². The van der Waals surface area contributed by atoms with Crippen molar-refractivity contribution in [1.82, 2.24) is 10.2 Å². The maximum absolute atomic E-state index is 13.4. The maximum atomic E-state index is 13.4. The van der Waals surface area contributed by atoms with Crippen LogP contribution in [0.25, 0.3) is 0 Å². The van der Waals surface area contributed by atoms with Crippen molar-refractivity contribution in [2.24, 2.45) is 0 Å². The van der Waals surface area contributed by atoms with Crippen molar-refractivity contribution in [2.45, 2.75) is 37.5 Å². The van der Waals surface area contributed by atoms with E-state index >= 15 is 0 Å². The molecule has 165 valence electrons. The van der Waals surface area contributed by atoms with Crippen LogP contribution in [0, 0.1) is 6.07 Å². The fraction of sp³-hybridized carbons (Fsp3) is 0.345. The minimum Gasteiger partial charge on any atom is -0.355 e. The lowest BCUT2D eigenvalue weighted by Gasteiger charge is -2.32. The Morgan fingerprint density at radius 1 is 0.969 bits per heavy atom. The van der Waals surface area contributed by atoms with Crippen molar-refractivity contribution in [2.75, 3.05) is 26.2 Å². The van der Waals surface area contributed by atoms with Gasteiger partial charge in [-0.1, -0.05) is 84.9 Å². The monoisotopic (exact) mass is 425 g/mol. The molecule has 1 fully saturated rings. The number of piperidine rings is 1. The van der Waals surface area contributed by atoms with E-state index in [-0.39, 0.29) is 5.91 Å². The highest BCUT2D eigenvalue weighted by atomic mass is 16.2. The Balaban J connectivity index is 1.29. The predicted molar refractivity (Wildman–Crippen MR) is 131 cm³/mol. The zero-order valence-electron chi connectivity index (χ0n) is 19.0. The number of amides is 1. The number of benzene rings is 3. The third-order valence-corrected chi connectivity index (χ3v) is 6.88. The first kappa shape index (κ1) is 22.3. The average Bonchev–Trinajstić information content (AvgIpc) is 2.88. The summed E-state index contributed by atoms with van der Waals surface area (Å²) < 4.78 is 0. The van der Waals surface area contributed by atoms with Crippen LogP contribution in [0.2, 0.25) is 0 Å². The van der Waals surface area contributed by atoms with Crippen LogP contribution in [0.1, 0.15) is 48.8 Å². The Morgan fingerprint density at radius 2 is 1.59 bits per heavy atom. The molecule has 0 aromatic heterocycles. The number of nitrogens with zero attached hydrogens (tertiary/aromatic N) is 1. The van der Waals surface area contributed by atoms with Gasteiger partial charge in [0, 0.05) is 6.54 Å². The average molecular weight is 426 g/mol. The van der Waals surface area contributed by atoms with Crippen LogP contribution < -0.4 is 5.32 Å². The number of likely N-dealkylation sites (tertiary alicyclic amines) is 1. The van der Waals surface area contributed by atoms with Crippen molar-refractivity contribution >= 4 is 5.91 Å². The van der Waals surface area contributed by atoms with Gasteiger partial charge in [0.15, 0.2) is 0 Å². The highest BCUT2D eigenvalue weighted by Gasteiger charge is 2.36. The third kappa shape index (κ3) is 5.11. The van der Waals surface area contributed by atoms with Crippen LogP contribution in [-0.4, -0.2) is 37.0 Å². The van der Waals surface area contributed by atoms with E-state index in [1.807, 2.05) is 73.7 Å². The van der Waals surface area contributed by atoms with Gasteiger partial charge in [0.05, 0.1) is 5.41 Å². The summed E-state index contributed by atoms with van der Waals surface area (Å²) in [5.74, 6) is 0.717. The van der Waals surface area contributed by atoms with Crippen molar-refractivity contribution in [1.29, 1.82) is 0 Å². The first-order chi connectivity index (χ1) is 15.7. The Bertz CT molecular complexity index is 924.